The first-order chi connectivity index (χ1) is 15.1. The lowest BCUT2D eigenvalue weighted by Crippen LogP contribution is -2.15. The molecule has 0 spiro atoms. The Labute approximate surface area is 180 Å². The number of hydrogen-bond acceptors (Lipinski definition) is 8. The molecule has 31 heavy (non-hydrogen) atoms. The first-order valence-electron chi connectivity index (χ1n) is 9.51. The van der Waals surface area contributed by atoms with Crippen LogP contribution in [0.2, 0.25) is 0 Å². The molecule has 9 heteroatoms. The molecule has 156 valence electrons. The predicted molar refractivity (Wildman–Crippen MR) is 118 cm³/mol. The van der Waals surface area contributed by atoms with Crippen molar-refractivity contribution in [3.8, 4) is 5.69 Å². The summed E-state index contributed by atoms with van der Waals surface area (Å²) in [4.78, 5) is 24.9. The number of hydrogen-bond donors (Lipinski definition) is 0. The average Bonchev–Trinajstić information content (AvgIpc) is 3.22. The van der Waals surface area contributed by atoms with Crippen LogP contribution >= 0.6 is 11.3 Å². The molecular formula is C22H18N4O4S. The maximum absolute atomic E-state index is 12.4. The molecule has 2 aromatic heterocycles. The number of para-hydroxylation sites is 2. The van der Waals surface area contributed by atoms with Crippen LogP contribution in [0.3, 0.4) is 0 Å². The summed E-state index contributed by atoms with van der Waals surface area (Å²) in [6.07, 6.45) is 0. The van der Waals surface area contributed by atoms with Gasteiger partial charge in [-0.1, -0.05) is 47.7 Å². The maximum atomic E-state index is 12.4. The third-order valence-electron chi connectivity index (χ3n) is 4.33. The van der Waals surface area contributed by atoms with Gasteiger partial charge in [-0.25, -0.2) is 14.3 Å². The van der Waals surface area contributed by atoms with E-state index in [1.807, 2.05) is 42.5 Å². The Hall–Kier alpha value is -3.85. The van der Waals surface area contributed by atoms with Gasteiger partial charge in [0.25, 0.3) is 0 Å². The topological polar surface area (TPSA) is 99.1 Å². The summed E-state index contributed by atoms with van der Waals surface area (Å²) in [6, 6.07) is 18.2. The molecule has 0 aliphatic rings. The summed E-state index contributed by atoms with van der Waals surface area (Å²) >= 11 is 1.05. The standard InChI is InChI=1S/C22H18N4O4S/c1-3-29-21(28)19-25-26(16-10-5-4-6-11-16)22(31-19)24-23-14(2)17-13-15-9-7-8-12-18(15)30-20(17)27/h4-13H,3H2,1-2H3/b23-14+,24-22+. The maximum Gasteiger partial charge on any atom is 0.369 e. The van der Waals surface area contributed by atoms with Gasteiger partial charge < -0.3 is 9.15 Å². The van der Waals surface area contributed by atoms with E-state index in [9.17, 15) is 9.59 Å². The van der Waals surface area contributed by atoms with E-state index in [2.05, 4.69) is 15.3 Å². The lowest BCUT2D eigenvalue weighted by molar-refractivity contribution is 0.0524. The van der Waals surface area contributed by atoms with Crippen molar-refractivity contribution in [2.75, 3.05) is 6.61 Å². The molecule has 4 aromatic rings. The van der Waals surface area contributed by atoms with Crippen molar-refractivity contribution in [1.29, 1.82) is 0 Å². The number of ether oxygens (including phenoxy) is 1. The molecule has 0 aliphatic heterocycles. The van der Waals surface area contributed by atoms with E-state index in [0.717, 1.165) is 16.7 Å². The van der Waals surface area contributed by atoms with Gasteiger partial charge in [0, 0.05) is 5.39 Å². The minimum Gasteiger partial charge on any atom is -0.461 e. The molecule has 0 amide bonds. The second kappa shape index (κ2) is 8.88. The van der Waals surface area contributed by atoms with Crippen LogP contribution in [0.1, 0.15) is 29.2 Å². The number of fused-ring (bicyclic) bond motifs is 1. The second-order valence-corrected chi connectivity index (χ2v) is 7.38. The Kier molecular flexibility index (Phi) is 5.85. The molecule has 2 aromatic carbocycles. The van der Waals surface area contributed by atoms with Gasteiger partial charge in [-0.15, -0.1) is 10.2 Å². The summed E-state index contributed by atoms with van der Waals surface area (Å²) in [7, 11) is 0. The van der Waals surface area contributed by atoms with Gasteiger partial charge in [-0.05, 0) is 38.1 Å². The van der Waals surface area contributed by atoms with Crippen LogP contribution in [0.5, 0.6) is 0 Å². The fourth-order valence-electron chi connectivity index (χ4n) is 2.84. The second-order valence-electron chi connectivity index (χ2n) is 6.43. The highest BCUT2D eigenvalue weighted by molar-refractivity contribution is 7.10. The van der Waals surface area contributed by atoms with Crippen molar-refractivity contribution in [2.24, 2.45) is 10.2 Å². The lowest BCUT2D eigenvalue weighted by Gasteiger charge is -2.01. The SMILES string of the molecule is CCOC(=O)c1nn(-c2ccccc2)/c(=N\N=C(/C)c2cc3ccccc3oc2=O)s1. The first-order valence-corrected chi connectivity index (χ1v) is 10.3. The Balaban J connectivity index is 1.80. The quantitative estimate of drug-likeness (QED) is 0.207. The smallest absolute Gasteiger partial charge is 0.369 e. The van der Waals surface area contributed by atoms with Crippen molar-refractivity contribution >= 4 is 34.0 Å². The van der Waals surface area contributed by atoms with E-state index in [-0.39, 0.29) is 11.6 Å². The van der Waals surface area contributed by atoms with E-state index in [0.29, 0.717) is 27.3 Å². The molecule has 0 bridgehead atoms. The van der Waals surface area contributed by atoms with Gasteiger partial charge in [0.05, 0.1) is 23.6 Å². The molecule has 0 atom stereocenters. The Morgan fingerprint density at radius 3 is 2.68 bits per heavy atom. The highest BCUT2D eigenvalue weighted by atomic mass is 32.1. The number of aromatic nitrogens is 2. The summed E-state index contributed by atoms with van der Waals surface area (Å²) in [5.41, 5.74) is 1.41. The summed E-state index contributed by atoms with van der Waals surface area (Å²) < 4.78 is 11.9. The Morgan fingerprint density at radius 1 is 1.16 bits per heavy atom. The highest BCUT2D eigenvalue weighted by Crippen LogP contribution is 2.13. The molecule has 0 unspecified atom stereocenters. The van der Waals surface area contributed by atoms with E-state index in [4.69, 9.17) is 9.15 Å². The fourth-order valence-corrected chi connectivity index (χ4v) is 3.60. The molecule has 0 aliphatic carbocycles. The van der Waals surface area contributed by atoms with E-state index < -0.39 is 11.6 Å². The van der Waals surface area contributed by atoms with Crippen molar-refractivity contribution in [2.45, 2.75) is 13.8 Å². The van der Waals surface area contributed by atoms with Gasteiger partial charge in [-0.2, -0.15) is 5.10 Å². The zero-order valence-electron chi connectivity index (χ0n) is 16.8. The molecule has 0 saturated heterocycles. The minimum atomic E-state index is -0.533. The number of benzene rings is 2. The van der Waals surface area contributed by atoms with Crippen LogP contribution in [0.25, 0.3) is 16.7 Å². The molecule has 2 heterocycles. The molecule has 0 fully saturated rings. The van der Waals surface area contributed by atoms with Crippen LogP contribution in [-0.4, -0.2) is 28.1 Å². The molecule has 0 saturated carbocycles. The van der Waals surface area contributed by atoms with Gasteiger partial charge in [-0.3, -0.25) is 0 Å². The van der Waals surface area contributed by atoms with E-state index >= 15 is 0 Å². The number of nitrogens with zero attached hydrogens (tertiary/aromatic N) is 4. The van der Waals surface area contributed by atoms with Crippen LogP contribution in [0.15, 0.2) is 80.1 Å². The third kappa shape index (κ3) is 4.36. The van der Waals surface area contributed by atoms with Crippen molar-refractivity contribution < 1.29 is 13.9 Å². The molecular weight excluding hydrogens is 416 g/mol. The van der Waals surface area contributed by atoms with Crippen molar-refractivity contribution in [3.05, 3.63) is 86.5 Å². The molecule has 4 rings (SSSR count). The Morgan fingerprint density at radius 2 is 1.90 bits per heavy atom. The number of carbonyl (C=O) groups is 1. The molecule has 0 N–H and O–H groups in total. The van der Waals surface area contributed by atoms with Gasteiger partial charge in [0.1, 0.15) is 5.58 Å². The first kappa shape index (κ1) is 20.4. The van der Waals surface area contributed by atoms with Crippen molar-refractivity contribution in [1.82, 2.24) is 9.78 Å². The normalized spacial score (nSPS) is 12.3. The number of carbonyl (C=O) groups excluding carboxylic acids is 1. The van der Waals surface area contributed by atoms with Crippen molar-refractivity contribution in [3.63, 3.8) is 0 Å². The third-order valence-corrected chi connectivity index (χ3v) is 5.21. The number of rotatable bonds is 5. The highest BCUT2D eigenvalue weighted by Gasteiger charge is 2.15. The lowest BCUT2D eigenvalue weighted by atomic mass is 10.1. The Bertz CT molecular complexity index is 1400. The van der Waals surface area contributed by atoms with Crippen LogP contribution in [0.4, 0.5) is 0 Å². The average molecular weight is 434 g/mol. The monoisotopic (exact) mass is 434 g/mol. The predicted octanol–water partition coefficient (Wildman–Crippen LogP) is 3.54. The molecule has 0 radical (unpaired) electrons. The summed E-state index contributed by atoms with van der Waals surface area (Å²) in [5.74, 6) is -0.533. The molecule has 8 nitrogen and oxygen atoms in total. The van der Waals surface area contributed by atoms with E-state index in [1.54, 1.807) is 32.0 Å². The zero-order chi connectivity index (χ0) is 21.8. The van der Waals surface area contributed by atoms with Gasteiger partial charge >= 0.3 is 11.6 Å². The van der Waals surface area contributed by atoms with E-state index in [1.165, 1.54) is 4.68 Å². The van der Waals surface area contributed by atoms with Gasteiger partial charge in [0.15, 0.2) is 0 Å². The van der Waals surface area contributed by atoms with Gasteiger partial charge in [0.2, 0.25) is 9.81 Å². The summed E-state index contributed by atoms with van der Waals surface area (Å²) in [5, 5.41) is 13.7. The number of esters is 1. The van der Waals surface area contributed by atoms with Crippen LogP contribution < -0.4 is 10.4 Å². The fraction of sp³-hybridized carbons (Fsp3) is 0.136. The largest absolute Gasteiger partial charge is 0.461 e. The van der Waals surface area contributed by atoms with Crippen LogP contribution in [-0.2, 0) is 4.74 Å². The summed E-state index contributed by atoms with van der Waals surface area (Å²) in [6.45, 7) is 3.64. The zero-order valence-corrected chi connectivity index (χ0v) is 17.6. The minimum absolute atomic E-state index is 0.155. The van der Waals surface area contributed by atoms with Crippen LogP contribution in [0, 0.1) is 0 Å².